The number of carbonyl (C=O) groups is 1. The molecule has 0 aromatic heterocycles. The minimum atomic E-state index is -0.282. The molecule has 0 N–H and O–H groups in total. The summed E-state index contributed by atoms with van der Waals surface area (Å²) in [5, 5.41) is 0. The lowest BCUT2D eigenvalue weighted by Gasteiger charge is -2.31. The molecule has 3 rings (SSSR count). The first-order valence-electron chi connectivity index (χ1n) is 6.11. The second-order valence-electron chi connectivity index (χ2n) is 4.45. The number of carbonyl (C=O) groups excluding carboxylic acids is 1. The predicted molar refractivity (Wildman–Crippen MR) is 71.0 cm³/mol. The van der Waals surface area contributed by atoms with Gasteiger partial charge >= 0.3 is 0 Å². The van der Waals surface area contributed by atoms with E-state index >= 15 is 0 Å². The molecule has 2 aliphatic rings. The lowest BCUT2D eigenvalue weighted by atomic mass is 10.1. The molecular weight excluding hydrogens is 298 g/mol. The minimum Gasteiger partial charge on any atom is -0.490 e. The van der Waals surface area contributed by atoms with Crippen LogP contribution in [0.2, 0.25) is 0 Å². The Morgan fingerprint density at radius 3 is 3.06 bits per heavy atom. The summed E-state index contributed by atoms with van der Waals surface area (Å²) in [6.45, 7) is 1.81. The monoisotopic (exact) mass is 311 g/mol. The van der Waals surface area contributed by atoms with Crippen molar-refractivity contribution in [3.8, 4) is 5.75 Å². The number of fused-ring (bicyclic) bond motifs is 1. The van der Waals surface area contributed by atoms with Crippen LogP contribution in [0.15, 0.2) is 22.7 Å². The highest BCUT2D eigenvalue weighted by Gasteiger charge is 2.32. The molecule has 0 radical (unpaired) electrons. The van der Waals surface area contributed by atoms with Gasteiger partial charge < -0.3 is 14.4 Å². The van der Waals surface area contributed by atoms with E-state index in [1.54, 1.807) is 4.90 Å². The maximum atomic E-state index is 12.4. The Balaban J connectivity index is 1.90. The first-order chi connectivity index (χ1) is 8.75. The average molecular weight is 312 g/mol. The van der Waals surface area contributed by atoms with Crippen molar-refractivity contribution in [3.05, 3.63) is 22.7 Å². The molecule has 5 heteroatoms. The van der Waals surface area contributed by atoms with E-state index in [9.17, 15) is 4.79 Å². The summed E-state index contributed by atoms with van der Waals surface area (Å²) in [5.41, 5.74) is 0.830. The second kappa shape index (κ2) is 4.90. The van der Waals surface area contributed by atoms with Gasteiger partial charge in [-0.25, -0.2) is 0 Å². The smallest absolute Gasteiger partial charge is 0.256 e. The van der Waals surface area contributed by atoms with E-state index in [1.807, 2.05) is 18.2 Å². The third-order valence-corrected chi connectivity index (χ3v) is 3.75. The van der Waals surface area contributed by atoms with Gasteiger partial charge in [0.05, 0.1) is 12.2 Å². The number of nitrogens with zero attached hydrogens (tertiary/aromatic N) is 1. The van der Waals surface area contributed by atoms with Crippen LogP contribution in [-0.4, -0.2) is 31.8 Å². The molecule has 0 spiro atoms. The third kappa shape index (κ3) is 2.12. The van der Waals surface area contributed by atoms with E-state index in [4.69, 9.17) is 9.47 Å². The zero-order valence-corrected chi connectivity index (χ0v) is 11.5. The Kier molecular flexibility index (Phi) is 3.26. The Morgan fingerprint density at radius 2 is 2.28 bits per heavy atom. The molecule has 1 aromatic rings. The minimum absolute atomic E-state index is 0.0511. The zero-order chi connectivity index (χ0) is 12.5. The van der Waals surface area contributed by atoms with Crippen molar-refractivity contribution in [2.45, 2.75) is 18.9 Å². The molecule has 2 heterocycles. The Morgan fingerprint density at radius 1 is 1.39 bits per heavy atom. The fourth-order valence-corrected chi connectivity index (χ4v) is 2.71. The van der Waals surface area contributed by atoms with Crippen molar-refractivity contribution in [2.24, 2.45) is 0 Å². The Labute approximate surface area is 114 Å². The number of amides is 1. The van der Waals surface area contributed by atoms with Gasteiger partial charge in [-0.05, 0) is 31.0 Å². The Bertz CT molecular complexity index is 471. The van der Waals surface area contributed by atoms with Crippen LogP contribution in [0.1, 0.15) is 12.8 Å². The summed E-state index contributed by atoms with van der Waals surface area (Å²) in [7, 11) is 0. The van der Waals surface area contributed by atoms with Crippen molar-refractivity contribution >= 4 is 27.5 Å². The molecule has 1 amide bonds. The number of rotatable bonds is 1. The van der Waals surface area contributed by atoms with Gasteiger partial charge in [0.15, 0.2) is 0 Å². The molecule has 1 saturated heterocycles. The predicted octanol–water partition coefficient (Wildman–Crippen LogP) is 2.35. The van der Waals surface area contributed by atoms with Gasteiger partial charge in [-0.15, -0.1) is 0 Å². The molecular formula is C13H14BrNO3. The van der Waals surface area contributed by atoms with Crippen LogP contribution in [0, 0.1) is 0 Å². The lowest BCUT2D eigenvalue weighted by molar-refractivity contribution is -0.127. The van der Waals surface area contributed by atoms with E-state index < -0.39 is 0 Å². The summed E-state index contributed by atoms with van der Waals surface area (Å²) in [6.07, 6.45) is 1.50. The van der Waals surface area contributed by atoms with Gasteiger partial charge in [0, 0.05) is 11.1 Å². The zero-order valence-electron chi connectivity index (χ0n) is 9.89. The molecule has 0 aliphatic carbocycles. The van der Waals surface area contributed by atoms with Crippen molar-refractivity contribution in [1.29, 1.82) is 0 Å². The van der Waals surface area contributed by atoms with E-state index in [2.05, 4.69) is 15.9 Å². The first-order valence-corrected chi connectivity index (χ1v) is 6.90. The normalized spacial score (nSPS) is 22.5. The van der Waals surface area contributed by atoms with Gasteiger partial charge in [-0.1, -0.05) is 15.9 Å². The number of anilines is 1. The van der Waals surface area contributed by atoms with Crippen LogP contribution in [0.4, 0.5) is 5.69 Å². The number of ether oxygens (including phenoxy) is 2. The van der Waals surface area contributed by atoms with E-state index in [0.717, 1.165) is 28.8 Å². The number of halogens is 1. The van der Waals surface area contributed by atoms with Crippen LogP contribution in [0.3, 0.4) is 0 Å². The summed E-state index contributed by atoms with van der Waals surface area (Å²) >= 11 is 3.43. The average Bonchev–Trinajstić information content (AvgIpc) is 2.91. The molecule has 1 aromatic carbocycles. The van der Waals surface area contributed by atoms with Crippen LogP contribution in [0.25, 0.3) is 0 Å². The molecule has 1 unspecified atom stereocenters. The highest BCUT2D eigenvalue weighted by Crippen LogP contribution is 2.35. The van der Waals surface area contributed by atoms with Crippen molar-refractivity contribution in [3.63, 3.8) is 0 Å². The van der Waals surface area contributed by atoms with Gasteiger partial charge in [-0.2, -0.15) is 0 Å². The van der Waals surface area contributed by atoms with Crippen molar-refractivity contribution in [1.82, 2.24) is 0 Å². The summed E-state index contributed by atoms with van der Waals surface area (Å²) in [5.74, 6) is 0.811. The highest BCUT2D eigenvalue weighted by atomic mass is 79.9. The molecule has 1 atom stereocenters. The molecule has 18 heavy (non-hydrogen) atoms. The maximum Gasteiger partial charge on any atom is 0.256 e. The lowest BCUT2D eigenvalue weighted by Crippen LogP contribution is -2.43. The fraction of sp³-hybridized carbons (Fsp3) is 0.462. The molecule has 1 fully saturated rings. The van der Waals surface area contributed by atoms with Gasteiger partial charge in [-0.3, -0.25) is 4.79 Å². The van der Waals surface area contributed by atoms with Crippen LogP contribution in [0.5, 0.6) is 5.75 Å². The Hall–Kier alpha value is -1.07. The number of hydrogen-bond acceptors (Lipinski definition) is 3. The van der Waals surface area contributed by atoms with Gasteiger partial charge in [0.25, 0.3) is 5.91 Å². The maximum absolute atomic E-state index is 12.4. The number of benzene rings is 1. The number of hydrogen-bond donors (Lipinski definition) is 0. The SMILES string of the molecule is O=C(C1CCCO1)N1CCOc2ccc(Br)cc21. The summed E-state index contributed by atoms with van der Waals surface area (Å²) < 4.78 is 12.0. The third-order valence-electron chi connectivity index (χ3n) is 3.26. The standard InChI is InChI=1S/C13H14BrNO3/c14-9-3-4-11-10(8-9)15(5-7-18-11)13(16)12-2-1-6-17-12/h3-4,8,12H,1-2,5-7H2. The topological polar surface area (TPSA) is 38.8 Å². The summed E-state index contributed by atoms with van der Waals surface area (Å²) in [4.78, 5) is 14.2. The van der Waals surface area contributed by atoms with Crippen molar-refractivity contribution < 1.29 is 14.3 Å². The van der Waals surface area contributed by atoms with E-state index in [-0.39, 0.29) is 12.0 Å². The van der Waals surface area contributed by atoms with Crippen LogP contribution >= 0.6 is 15.9 Å². The quantitative estimate of drug-likeness (QED) is 0.799. The largest absolute Gasteiger partial charge is 0.490 e. The van der Waals surface area contributed by atoms with Gasteiger partial charge in [0.2, 0.25) is 0 Å². The van der Waals surface area contributed by atoms with Crippen LogP contribution in [-0.2, 0) is 9.53 Å². The fourth-order valence-electron chi connectivity index (χ4n) is 2.37. The first kappa shape index (κ1) is 12.0. The van der Waals surface area contributed by atoms with Crippen molar-refractivity contribution in [2.75, 3.05) is 24.7 Å². The van der Waals surface area contributed by atoms with E-state index in [0.29, 0.717) is 19.8 Å². The molecule has 0 bridgehead atoms. The molecule has 0 saturated carbocycles. The molecule has 4 nitrogen and oxygen atoms in total. The van der Waals surface area contributed by atoms with E-state index in [1.165, 1.54) is 0 Å². The molecule has 96 valence electrons. The van der Waals surface area contributed by atoms with Crippen LogP contribution < -0.4 is 9.64 Å². The highest BCUT2D eigenvalue weighted by molar-refractivity contribution is 9.10. The molecule has 2 aliphatic heterocycles. The summed E-state index contributed by atoms with van der Waals surface area (Å²) in [6, 6.07) is 5.72. The second-order valence-corrected chi connectivity index (χ2v) is 5.37. The van der Waals surface area contributed by atoms with Gasteiger partial charge in [0.1, 0.15) is 18.5 Å².